The van der Waals surface area contributed by atoms with Gasteiger partial charge in [0.05, 0.1) is 5.75 Å². The molecule has 0 spiro atoms. The van der Waals surface area contributed by atoms with Crippen LogP contribution in [-0.2, 0) is 19.2 Å². The van der Waals surface area contributed by atoms with Crippen LogP contribution in [0.3, 0.4) is 0 Å². The highest BCUT2D eigenvalue weighted by Gasteiger charge is 2.11. The van der Waals surface area contributed by atoms with Gasteiger partial charge in [-0.3, -0.25) is 4.79 Å². The molecule has 0 aliphatic carbocycles. The molecule has 0 heterocycles. The van der Waals surface area contributed by atoms with E-state index >= 15 is 0 Å². The van der Waals surface area contributed by atoms with Crippen molar-refractivity contribution in [1.29, 1.82) is 0 Å². The van der Waals surface area contributed by atoms with Gasteiger partial charge in [-0.15, -0.1) is 0 Å². The lowest BCUT2D eigenvalue weighted by atomic mass is 10.0. The third-order valence-electron chi connectivity index (χ3n) is 2.19. The predicted octanol–water partition coefficient (Wildman–Crippen LogP) is 0.863. The van der Waals surface area contributed by atoms with Gasteiger partial charge in [0.25, 0.3) is 10.1 Å². The topological polar surface area (TPSA) is 72.5 Å². The molecule has 0 aromatic heterocycles. The Morgan fingerprint density at radius 3 is 2.47 bits per heavy atom. The Hall–Kier alpha value is -0.460. The summed E-state index contributed by atoms with van der Waals surface area (Å²) < 4.78 is 26.5. The number of hydroxylamine groups is 1. The summed E-state index contributed by atoms with van der Waals surface area (Å²) in [6.07, 6.45) is 1.96. The minimum atomic E-state index is -3.45. The average Bonchev–Trinajstić information content (AvgIpc) is 2.11. The van der Waals surface area contributed by atoms with Crippen molar-refractivity contribution < 1.29 is 17.5 Å². The zero-order valence-corrected chi connectivity index (χ0v) is 10.3. The lowest BCUT2D eigenvalue weighted by molar-refractivity contribution is -0.120. The molecule has 0 amide bonds. The summed E-state index contributed by atoms with van der Waals surface area (Å²) in [5.41, 5.74) is 2.13. The van der Waals surface area contributed by atoms with Gasteiger partial charge in [0.15, 0.2) is 0 Å². The molecule has 0 rings (SSSR count). The summed E-state index contributed by atoms with van der Waals surface area (Å²) in [5, 5.41) is 0. The number of rotatable bonds is 8. The van der Waals surface area contributed by atoms with Gasteiger partial charge < -0.3 is 0 Å². The Bertz CT molecular complexity index is 286. The summed E-state index contributed by atoms with van der Waals surface area (Å²) >= 11 is 0. The molecule has 0 fully saturated rings. The Kier molecular flexibility index (Phi) is 6.71. The van der Waals surface area contributed by atoms with E-state index in [4.69, 9.17) is 0 Å². The van der Waals surface area contributed by atoms with Gasteiger partial charge in [-0.05, 0) is 19.8 Å². The normalized spacial score (nSPS) is 13.8. The molecular weight excluding hydrogens is 218 g/mol. The van der Waals surface area contributed by atoms with Crippen molar-refractivity contribution in [3.63, 3.8) is 0 Å². The second-order valence-electron chi connectivity index (χ2n) is 3.56. The third-order valence-corrected chi connectivity index (χ3v) is 3.40. The van der Waals surface area contributed by atoms with Crippen molar-refractivity contribution in [3.8, 4) is 0 Å². The smallest absolute Gasteiger partial charge is 0.283 e. The Labute approximate surface area is 91.3 Å². The first-order chi connectivity index (χ1) is 6.89. The molecule has 1 unspecified atom stereocenters. The molecule has 0 aromatic carbocycles. The van der Waals surface area contributed by atoms with E-state index in [9.17, 15) is 13.2 Å². The second kappa shape index (κ2) is 6.92. The van der Waals surface area contributed by atoms with E-state index in [1.165, 1.54) is 7.05 Å². The lowest BCUT2D eigenvalue weighted by Gasteiger charge is -2.06. The zero-order valence-electron chi connectivity index (χ0n) is 9.45. The van der Waals surface area contributed by atoms with Crippen LogP contribution in [0.15, 0.2) is 0 Å². The van der Waals surface area contributed by atoms with Crippen molar-refractivity contribution >= 4 is 15.9 Å². The summed E-state index contributed by atoms with van der Waals surface area (Å²) in [7, 11) is -2.05. The number of hydrogen-bond donors (Lipinski definition) is 1. The van der Waals surface area contributed by atoms with Gasteiger partial charge in [0, 0.05) is 13.0 Å². The number of unbranched alkanes of at least 4 members (excludes halogenated alkanes) is 1. The van der Waals surface area contributed by atoms with Crippen LogP contribution in [0.1, 0.15) is 33.1 Å². The van der Waals surface area contributed by atoms with Crippen molar-refractivity contribution in [3.05, 3.63) is 0 Å². The molecule has 0 radical (unpaired) electrons. The number of Topliss-reactive ketones (excluding diaryl/α,β-unsaturated/α-hetero) is 1. The number of ketones is 1. The van der Waals surface area contributed by atoms with Crippen molar-refractivity contribution in [2.24, 2.45) is 5.92 Å². The highest BCUT2D eigenvalue weighted by Crippen LogP contribution is 2.09. The van der Waals surface area contributed by atoms with Gasteiger partial charge in [-0.1, -0.05) is 13.3 Å². The Balaban J connectivity index is 3.67. The van der Waals surface area contributed by atoms with Crippen LogP contribution in [0.4, 0.5) is 0 Å². The monoisotopic (exact) mass is 237 g/mol. The van der Waals surface area contributed by atoms with Gasteiger partial charge in [0.1, 0.15) is 5.78 Å². The molecule has 0 saturated heterocycles. The molecular formula is C9H19NO4S. The molecule has 90 valence electrons. The fourth-order valence-corrected chi connectivity index (χ4v) is 2.00. The summed E-state index contributed by atoms with van der Waals surface area (Å²) in [5.74, 6) is 0.139. The maximum absolute atomic E-state index is 11.1. The SMILES string of the molecule is CNOS(=O)(=O)CCCCC(C)C(C)=O. The van der Waals surface area contributed by atoms with E-state index in [1.807, 2.05) is 6.92 Å². The lowest BCUT2D eigenvalue weighted by Crippen LogP contribution is -2.18. The van der Waals surface area contributed by atoms with E-state index in [0.29, 0.717) is 12.8 Å². The van der Waals surface area contributed by atoms with Crippen LogP contribution in [0.5, 0.6) is 0 Å². The van der Waals surface area contributed by atoms with Crippen LogP contribution < -0.4 is 5.48 Å². The quantitative estimate of drug-likeness (QED) is 0.501. The van der Waals surface area contributed by atoms with Crippen LogP contribution in [0.2, 0.25) is 0 Å². The Morgan fingerprint density at radius 2 is 2.00 bits per heavy atom. The maximum atomic E-state index is 11.1. The van der Waals surface area contributed by atoms with E-state index < -0.39 is 10.1 Å². The minimum Gasteiger partial charge on any atom is -0.300 e. The molecule has 1 atom stereocenters. The molecule has 0 aliphatic heterocycles. The van der Waals surface area contributed by atoms with E-state index in [1.54, 1.807) is 6.92 Å². The highest BCUT2D eigenvalue weighted by molar-refractivity contribution is 7.86. The average molecular weight is 237 g/mol. The Morgan fingerprint density at radius 1 is 1.40 bits per heavy atom. The molecule has 0 saturated carbocycles. The van der Waals surface area contributed by atoms with Crippen molar-refractivity contribution in [1.82, 2.24) is 5.48 Å². The van der Waals surface area contributed by atoms with Crippen molar-refractivity contribution in [2.45, 2.75) is 33.1 Å². The summed E-state index contributed by atoms with van der Waals surface area (Å²) in [6.45, 7) is 3.40. The summed E-state index contributed by atoms with van der Waals surface area (Å²) in [4.78, 5) is 10.9. The molecule has 0 bridgehead atoms. The number of carbonyl (C=O) groups is 1. The molecule has 5 nitrogen and oxygen atoms in total. The maximum Gasteiger partial charge on any atom is 0.283 e. The van der Waals surface area contributed by atoms with Gasteiger partial charge in [-0.2, -0.15) is 18.2 Å². The number of nitrogens with one attached hydrogen (secondary N) is 1. The molecule has 0 aromatic rings. The first kappa shape index (κ1) is 14.5. The molecule has 0 aliphatic rings. The van der Waals surface area contributed by atoms with Crippen LogP contribution >= 0.6 is 0 Å². The first-order valence-corrected chi connectivity index (χ1v) is 6.55. The van der Waals surface area contributed by atoms with Gasteiger partial charge in [0.2, 0.25) is 0 Å². The van der Waals surface area contributed by atoms with Gasteiger partial charge >= 0.3 is 0 Å². The van der Waals surface area contributed by atoms with Crippen LogP contribution in [0, 0.1) is 5.92 Å². The number of hydrogen-bond acceptors (Lipinski definition) is 5. The first-order valence-electron chi connectivity index (χ1n) is 4.97. The van der Waals surface area contributed by atoms with Crippen molar-refractivity contribution in [2.75, 3.05) is 12.8 Å². The zero-order chi connectivity index (χ0) is 11.9. The van der Waals surface area contributed by atoms with E-state index in [-0.39, 0.29) is 17.5 Å². The third kappa shape index (κ3) is 7.47. The second-order valence-corrected chi connectivity index (χ2v) is 5.25. The fraction of sp³-hybridized carbons (Fsp3) is 0.889. The number of carbonyl (C=O) groups excluding carboxylic acids is 1. The molecule has 6 heteroatoms. The minimum absolute atomic E-state index is 0.0120. The molecule has 15 heavy (non-hydrogen) atoms. The van der Waals surface area contributed by atoms with Crippen LogP contribution in [0.25, 0.3) is 0 Å². The van der Waals surface area contributed by atoms with Crippen LogP contribution in [-0.4, -0.2) is 27.0 Å². The standard InChI is InChI=1S/C9H19NO4S/c1-8(9(2)11)6-4-5-7-15(12,13)14-10-3/h8,10H,4-7H2,1-3H3. The highest BCUT2D eigenvalue weighted by atomic mass is 32.2. The van der Waals surface area contributed by atoms with E-state index in [2.05, 4.69) is 9.76 Å². The van der Waals surface area contributed by atoms with E-state index in [0.717, 1.165) is 6.42 Å². The summed E-state index contributed by atoms with van der Waals surface area (Å²) in [6, 6.07) is 0. The fourth-order valence-electron chi connectivity index (χ4n) is 1.10. The van der Waals surface area contributed by atoms with Gasteiger partial charge in [-0.25, -0.2) is 0 Å². The largest absolute Gasteiger partial charge is 0.300 e. The molecule has 1 N–H and O–H groups in total. The predicted molar refractivity (Wildman–Crippen MR) is 57.6 cm³/mol.